The molecule has 3 N–H and O–H groups in total. The second kappa shape index (κ2) is 5.82. The van der Waals surface area contributed by atoms with E-state index in [0.29, 0.717) is 5.56 Å². The van der Waals surface area contributed by atoms with E-state index >= 15 is 0 Å². The van der Waals surface area contributed by atoms with E-state index in [9.17, 15) is 18.0 Å². The van der Waals surface area contributed by atoms with Crippen LogP contribution in [0.15, 0.2) is 18.2 Å². The smallest absolute Gasteiger partial charge is 0.336 e. The van der Waals surface area contributed by atoms with Gasteiger partial charge in [0.2, 0.25) is 15.9 Å². The Kier molecular flexibility index (Phi) is 4.75. The first-order valence-electron chi connectivity index (χ1n) is 6.07. The highest BCUT2D eigenvalue weighted by Crippen LogP contribution is 2.17. The average molecular weight is 314 g/mol. The van der Waals surface area contributed by atoms with Gasteiger partial charge in [-0.1, -0.05) is 6.07 Å². The Morgan fingerprint density at radius 3 is 2.29 bits per heavy atom. The molecule has 0 aliphatic carbocycles. The molecule has 1 aromatic carbocycles. The number of nitrogens with one attached hydrogen (secondary N) is 2. The minimum absolute atomic E-state index is 0.0710. The van der Waals surface area contributed by atoms with Crippen LogP contribution in [0.3, 0.4) is 0 Å². The molecule has 0 aromatic heterocycles. The number of hydrogen-bond donors (Lipinski definition) is 3. The van der Waals surface area contributed by atoms with Crippen molar-refractivity contribution in [1.29, 1.82) is 0 Å². The molecule has 0 heterocycles. The van der Waals surface area contributed by atoms with E-state index in [-0.39, 0.29) is 11.3 Å². The minimum Gasteiger partial charge on any atom is -0.478 e. The fraction of sp³-hybridized carbons (Fsp3) is 0.385. The predicted molar refractivity (Wildman–Crippen MR) is 78.8 cm³/mol. The number of hydrogen-bond acceptors (Lipinski definition) is 4. The number of rotatable bonds is 5. The van der Waals surface area contributed by atoms with E-state index in [1.807, 2.05) is 0 Å². The van der Waals surface area contributed by atoms with Crippen molar-refractivity contribution in [1.82, 2.24) is 4.72 Å². The van der Waals surface area contributed by atoms with Crippen LogP contribution >= 0.6 is 0 Å². The van der Waals surface area contributed by atoms with Gasteiger partial charge in [-0.25, -0.2) is 17.9 Å². The largest absolute Gasteiger partial charge is 0.478 e. The van der Waals surface area contributed by atoms with Crippen LogP contribution in [-0.4, -0.2) is 37.2 Å². The van der Waals surface area contributed by atoms with E-state index < -0.39 is 27.4 Å². The Hall–Kier alpha value is -1.93. The highest BCUT2D eigenvalue weighted by molar-refractivity contribution is 7.88. The van der Waals surface area contributed by atoms with E-state index in [4.69, 9.17) is 5.11 Å². The van der Waals surface area contributed by atoms with Gasteiger partial charge in [0.15, 0.2) is 0 Å². The van der Waals surface area contributed by atoms with Crippen LogP contribution in [0.4, 0.5) is 5.69 Å². The molecule has 0 saturated heterocycles. The third kappa shape index (κ3) is 4.83. The molecule has 0 aliphatic rings. The molecule has 8 heteroatoms. The van der Waals surface area contributed by atoms with Gasteiger partial charge in [-0.3, -0.25) is 4.79 Å². The molecule has 0 atom stereocenters. The summed E-state index contributed by atoms with van der Waals surface area (Å²) in [6.07, 6.45) is 0.955. The number of benzene rings is 1. The summed E-state index contributed by atoms with van der Waals surface area (Å²) in [6.45, 7) is 4.47. The zero-order valence-electron chi connectivity index (χ0n) is 12.2. The van der Waals surface area contributed by atoms with Crippen molar-refractivity contribution < 1.29 is 23.1 Å². The summed E-state index contributed by atoms with van der Waals surface area (Å²) < 4.78 is 24.7. The number of anilines is 1. The normalized spacial score (nSPS) is 12.0. The standard InChI is InChI=1S/C13H18N2O5S/c1-8-5-6-9(7-10(8)11(16)17)14-12(18)13(2,3)15-21(4,19)20/h5-7,15H,1-4H3,(H,14,18)(H,16,17). The lowest BCUT2D eigenvalue weighted by atomic mass is 10.0. The molecule has 7 nitrogen and oxygen atoms in total. The molecule has 0 saturated carbocycles. The number of carboxylic acids is 1. The van der Waals surface area contributed by atoms with Crippen molar-refractivity contribution in [3.8, 4) is 0 Å². The molecule has 21 heavy (non-hydrogen) atoms. The highest BCUT2D eigenvalue weighted by atomic mass is 32.2. The molecule has 1 aromatic rings. The van der Waals surface area contributed by atoms with E-state index in [2.05, 4.69) is 10.0 Å². The van der Waals surface area contributed by atoms with Gasteiger partial charge in [0, 0.05) is 5.69 Å². The van der Waals surface area contributed by atoms with Gasteiger partial charge in [-0.15, -0.1) is 0 Å². The number of aryl methyl sites for hydroxylation is 1. The Labute approximate surface area is 123 Å². The maximum Gasteiger partial charge on any atom is 0.336 e. The summed E-state index contributed by atoms with van der Waals surface area (Å²) in [5.41, 5.74) is -0.441. The topological polar surface area (TPSA) is 113 Å². The van der Waals surface area contributed by atoms with Crippen molar-refractivity contribution in [2.24, 2.45) is 0 Å². The second-order valence-electron chi connectivity index (χ2n) is 5.29. The van der Waals surface area contributed by atoms with Gasteiger partial charge in [0.1, 0.15) is 5.54 Å². The van der Waals surface area contributed by atoms with E-state index in [1.165, 1.54) is 19.9 Å². The first kappa shape index (κ1) is 17.1. The molecular weight excluding hydrogens is 296 g/mol. The Bertz CT molecular complexity index is 680. The van der Waals surface area contributed by atoms with Crippen molar-refractivity contribution >= 4 is 27.6 Å². The van der Waals surface area contributed by atoms with Crippen LogP contribution in [-0.2, 0) is 14.8 Å². The van der Waals surface area contributed by atoms with E-state index in [0.717, 1.165) is 6.26 Å². The number of aromatic carboxylic acids is 1. The van der Waals surface area contributed by atoms with Gasteiger partial charge < -0.3 is 10.4 Å². The lowest BCUT2D eigenvalue weighted by Gasteiger charge is -2.24. The van der Waals surface area contributed by atoms with Gasteiger partial charge in [-0.05, 0) is 38.5 Å². The maximum atomic E-state index is 12.1. The van der Waals surface area contributed by atoms with Crippen LogP contribution in [0.5, 0.6) is 0 Å². The van der Waals surface area contributed by atoms with Crippen LogP contribution < -0.4 is 10.0 Å². The Balaban J connectivity index is 2.98. The van der Waals surface area contributed by atoms with Crippen LogP contribution in [0.25, 0.3) is 0 Å². The van der Waals surface area contributed by atoms with Crippen LogP contribution in [0, 0.1) is 6.92 Å². The molecular formula is C13H18N2O5S. The van der Waals surface area contributed by atoms with Gasteiger partial charge >= 0.3 is 5.97 Å². The Morgan fingerprint density at radius 2 is 1.81 bits per heavy atom. The summed E-state index contributed by atoms with van der Waals surface area (Å²) in [7, 11) is -3.55. The van der Waals surface area contributed by atoms with Gasteiger partial charge in [0.05, 0.1) is 11.8 Å². The number of carbonyl (C=O) groups is 2. The third-order valence-corrected chi connectivity index (χ3v) is 3.62. The molecule has 0 spiro atoms. The first-order chi connectivity index (χ1) is 9.42. The lowest BCUT2D eigenvalue weighted by Crippen LogP contribution is -2.51. The number of sulfonamides is 1. The fourth-order valence-electron chi connectivity index (χ4n) is 1.73. The van der Waals surface area contributed by atoms with Crippen molar-refractivity contribution in [3.05, 3.63) is 29.3 Å². The maximum absolute atomic E-state index is 12.1. The van der Waals surface area contributed by atoms with Gasteiger partial charge in [-0.2, -0.15) is 0 Å². The molecule has 1 amide bonds. The summed E-state index contributed by atoms with van der Waals surface area (Å²) in [5.74, 6) is -1.69. The molecule has 0 aliphatic heterocycles. The summed E-state index contributed by atoms with van der Waals surface area (Å²) >= 11 is 0. The van der Waals surface area contributed by atoms with Crippen molar-refractivity contribution in [2.75, 3.05) is 11.6 Å². The summed E-state index contributed by atoms with van der Waals surface area (Å²) in [4.78, 5) is 23.1. The first-order valence-corrected chi connectivity index (χ1v) is 7.96. The fourth-order valence-corrected chi connectivity index (χ4v) is 2.75. The monoisotopic (exact) mass is 314 g/mol. The number of carbonyl (C=O) groups excluding carboxylic acids is 1. The third-order valence-electron chi connectivity index (χ3n) is 2.73. The molecule has 0 bridgehead atoms. The zero-order chi connectivity index (χ0) is 16.4. The van der Waals surface area contributed by atoms with Crippen molar-refractivity contribution in [2.45, 2.75) is 26.3 Å². The zero-order valence-corrected chi connectivity index (χ0v) is 13.0. The Morgan fingerprint density at radius 1 is 1.24 bits per heavy atom. The van der Waals surface area contributed by atoms with Crippen LogP contribution in [0.2, 0.25) is 0 Å². The molecule has 0 radical (unpaired) electrons. The average Bonchev–Trinajstić information content (AvgIpc) is 2.28. The van der Waals surface area contributed by atoms with Gasteiger partial charge in [0.25, 0.3) is 0 Å². The quantitative estimate of drug-likeness (QED) is 0.749. The molecule has 116 valence electrons. The SMILES string of the molecule is Cc1ccc(NC(=O)C(C)(C)NS(C)(=O)=O)cc1C(=O)O. The van der Waals surface area contributed by atoms with Crippen LogP contribution in [0.1, 0.15) is 29.8 Å². The molecule has 0 fully saturated rings. The second-order valence-corrected chi connectivity index (χ2v) is 7.04. The van der Waals surface area contributed by atoms with Crippen molar-refractivity contribution in [3.63, 3.8) is 0 Å². The molecule has 1 rings (SSSR count). The summed E-state index contributed by atoms with van der Waals surface area (Å²) in [5, 5.41) is 11.5. The predicted octanol–water partition coefficient (Wildman–Crippen LogP) is 0.960. The number of amides is 1. The molecule has 0 unspecified atom stereocenters. The van der Waals surface area contributed by atoms with E-state index in [1.54, 1.807) is 19.1 Å². The number of carboxylic acid groups (broad SMARTS) is 1. The minimum atomic E-state index is -3.55. The highest BCUT2D eigenvalue weighted by Gasteiger charge is 2.30. The lowest BCUT2D eigenvalue weighted by molar-refractivity contribution is -0.120. The summed E-state index contributed by atoms with van der Waals surface area (Å²) in [6, 6.07) is 4.44.